The summed E-state index contributed by atoms with van der Waals surface area (Å²) in [4.78, 5) is 10.2. The quantitative estimate of drug-likeness (QED) is 0.580. The molecule has 0 atom stereocenters. The number of carbonyl (C=O) groups is 1. The van der Waals surface area contributed by atoms with Gasteiger partial charge in [-0.1, -0.05) is 11.6 Å². The van der Waals surface area contributed by atoms with Crippen molar-refractivity contribution in [2.45, 2.75) is 20.0 Å². The number of benzene rings is 1. The zero-order valence-corrected chi connectivity index (χ0v) is 9.49. The maximum Gasteiger partial charge on any atom is 0.144 e. The summed E-state index contributed by atoms with van der Waals surface area (Å²) in [5, 5.41) is 0.432. The molecule has 0 aliphatic rings. The zero-order valence-electron chi connectivity index (χ0n) is 8.74. The second-order valence-electron chi connectivity index (χ2n) is 3.34. The molecule has 15 heavy (non-hydrogen) atoms. The Labute approximate surface area is 94.5 Å². The van der Waals surface area contributed by atoms with E-state index in [1.54, 1.807) is 0 Å². The molecule has 0 aliphatic carbocycles. The summed E-state index contributed by atoms with van der Waals surface area (Å²) >= 11 is 5.85. The first-order valence-corrected chi connectivity index (χ1v) is 5.09. The maximum absolute atomic E-state index is 10.2. The van der Waals surface area contributed by atoms with E-state index in [0.717, 1.165) is 11.3 Å². The fourth-order valence-electron chi connectivity index (χ4n) is 1.12. The first-order valence-electron chi connectivity index (χ1n) is 4.71. The minimum Gasteiger partial charge on any atom is -0.491 e. The Morgan fingerprint density at radius 1 is 1.33 bits per heavy atom. The highest BCUT2D eigenvalue weighted by molar-refractivity contribution is 6.49. The van der Waals surface area contributed by atoms with E-state index in [-0.39, 0.29) is 6.10 Å². The predicted octanol–water partition coefficient (Wildman–Crippen LogP) is 3.25. The first-order chi connectivity index (χ1) is 7.13. The van der Waals surface area contributed by atoms with Crippen molar-refractivity contribution in [1.29, 1.82) is 0 Å². The lowest BCUT2D eigenvalue weighted by Gasteiger charge is -2.09. The molecule has 0 unspecified atom stereocenters. The lowest BCUT2D eigenvalue weighted by Crippen LogP contribution is -2.05. The molecule has 1 rings (SSSR count). The third-order valence-corrected chi connectivity index (χ3v) is 2.06. The predicted molar refractivity (Wildman–Crippen MR) is 62.1 cm³/mol. The Morgan fingerprint density at radius 3 is 2.40 bits per heavy atom. The van der Waals surface area contributed by atoms with Gasteiger partial charge in [-0.25, -0.2) is 0 Å². The van der Waals surface area contributed by atoms with Gasteiger partial charge in [0.15, 0.2) is 0 Å². The maximum atomic E-state index is 10.2. The smallest absolute Gasteiger partial charge is 0.144 e. The molecule has 2 nitrogen and oxygen atoms in total. The molecule has 80 valence electrons. The van der Waals surface area contributed by atoms with E-state index in [1.165, 1.54) is 6.08 Å². The van der Waals surface area contributed by atoms with Crippen molar-refractivity contribution in [1.82, 2.24) is 0 Å². The lowest BCUT2D eigenvalue weighted by molar-refractivity contribution is -0.104. The number of carbonyl (C=O) groups excluding carboxylic acids is 1. The monoisotopic (exact) mass is 224 g/mol. The largest absolute Gasteiger partial charge is 0.491 e. The second-order valence-corrected chi connectivity index (χ2v) is 3.75. The van der Waals surface area contributed by atoms with Crippen molar-refractivity contribution in [3.8, 4) is 5.75 Å². The highest BCUT2D eigenvalue weighted by Crippen LogP contribution is 2.21. The number of rotatable bonds is 4. The van der Waals surface area contributed by atoms with E-state index in [1.807, 2.05) is 38.1 Å². The topological polar surface area (TPSA) is 26.3 Å². The number of hydrogen-bond donors (Lipinski definition) is 0. The van der Waals surface area contributed by atoms with Crippen molar-refractivity contribution >= 4 is 22.9 Å². The van der Waals surface area contributed by atoms with Gasteiger partial charge in [-0.15, -0.1) is 0 Å². The van der Waals surface area contributed by atoms with Crippen molar-refractivity contribution in [2.24, 2.45) is 0 Å². The number of halogens is 1. The van der Waals surface area contributed by atoms with E-state index >= 15 is 0 Å². The van der Waals surface area contributed by atoms with Crippen LogP contribution in [0.4, 0.5) is 0 Å². The van der Waals surface area contributed by atoms with Crippen LogP contribution in [0.1, 0.15) is 19.4 Å². The van der Waals surface area contributed by atoms with Gasteiger partial charge in [0, 0.05) is 0 Å². The highest BCUT2D eigenvalue weighted by Gasteiger charge is 2.00. The number of aldehydes is 1. The van der Waals surface area contributed by atoms with Crippen molar-refractivity contribution in [3.05, 3.63) is 35.9 Å². The average Bonchev–Trinajstić information content (AvgIpc) is 2.18. The Kier molecular flexibility index (Phi) is 4.37. The van der Waals surface area contributed by atoms with Gasteiger partial charge in [-0.3, -0.25) is 4.79 Å². The first kappa shape index (κ1) is 11.8. The summed E-state index contributed by atoms with van der Waals surface area (Å²) in [7, 11) is 0. The van der Waals surface area contributed by atoms with Gasteiger partial charge in [0.05, 0.1) is 11.1 Å². The molecule has 0 fully saturated rings. The summed E-state index contributed by atoms with van der Waals surface area (Å²) in [6.45, 7) is 3.93. The highest BCUT2D eigenvalue weighted by atomic mass is 35.5. The van der Waals surface area contributed by atoms with Crippen LogP contribution in [0, 0.1) is 0 Å². The van der Waals surface area contributed by atoms with Gasteiger partial charge >= 0.3 is 0 Å². The molecular weight excluding hydrogens is 212 g/mol. The third kappa shape index (κ3) is 3.76. The van der Waals surface area contributed by atoms with Crippen molar-refractivity contribution < 1.29 is 9.53 Å². The minimum absolute atomic E-state index is 0.150. The van der Waals surface area contributed by atoms with Crippen LogP contribution in [0.3, 0.4) is 0 Å². The minimum atomic E-state index is 0.150. The van der Waals surface area contributed by atoms with Gasteiger partial charge < -0.3 is 4.74 Å². The van der Waals surface area contributed by atoms with E-state index in [9.17, 15) is 4.79 Å². The van der Waals surface area contributed by atoms with Crippen LogP contribution in [0.2, 0.25) is 0 Å². The average molecular weight is 225 g/mol. The van der Waals surface area contributed by atoms with Crippen LogP contribution < -0.4 is 4.74 Å². The van der Waals surface area contributed by atoms with Crippen molar-refractivity contribution in [3.63, 3.8) is 0 Å². The van der Waals surface area contributed by atoms with Crippen LogP contribution in [-0.2, 0) is 4.79 Å². The van der Waals surface area contributed by atoms with E-state index in [4.69, 9.17) is 16.3 Å². The van der Waals surface area contributed by atoms with E-state index in [2.05, 4.69) is 0 Å². The molecule has 0 radical (unpaired) electrons. The Balaban J connectivity index is 2.80. The van der Waals surface area contributed by atoms with Crippen LogP contribution in [0.15, 0.2) is 30.3 Å². The number of ether oxygens (including phenoxy) is 1. The Morgan fingerprint density at radius 2 is 1.93 bits per heavy atom. The molecule has 1 aromatic rings. The number of allylic oxidation sites excluding steroid dienone is 1. The molecule has 0 amide bonds. The molecule has 3 heteroatoms. The standard InChI is InChI=1S/C12H13ClO2/c1-9(2)15-11-5-3-10(4-6-11)12(13)7-8-14/h3-9H,1-2H3/b12-7-. The molecule has 0 N–H and O–H groups in total. The Bertz CT molecular complexity index is 352. The van der Waals surface area contributed by atoms with Crippen LogP contribution >= 0.6 is 11.6 Å². The van der Waals surface area contributed by atoms with Crippen LogP contribution in [-0.4, -0.2) is 12.4 Å². The van der Waals surface area contributed by atoms with Crippen molar-refractivity contribution in [2.75, 3.05) is 0 Å². The molecule has 0 aromatic heterocycles. The van der Waals surface area contributed by atoms with Gasteiger partial charge in [0.1, 0.15) is 12.0 Å². The zero-order chi connectivity index (χ0) is 11.3. The molecule has 0 heterocycles. The third-order valence-electron chi connectivity index (χ3n) is 1.72. The van der Waals surface area contributed by atoms with Gasteiger partial charge in [-0.2, -0.15) is 0 Å². The molecule has 1 aromatic carbocycles. The molecule has 0 spiro atoms. The van der Waals surface area contributed by atoms with E-state index < -0.39 is 0 Å². The number of hydrogen-bond acceptors (Lipinski definition) is 2. The molecule has 0 bridgehead atoms. The summed E-state index contributed by atoms with van der Waals surface area (Å²) < 4.78 is 5.48. The van der Waals surface area contributed by atoms with Crippen LogP contribution in [0.25, 0.3) is 5.03 Å². The van der Waals surface area contributed by atoms with Gasteiger partial charge in [-0.05, 0) is 49.8 Å². The summed E-state index contributed by atoms with van der Waals surface area (Å²) in [5.74, 6) is 0.796. The second kappa shape index (κ2) is 5.56. The Hall–Kier alpha value is -1.28. The molecule has 0 saturated heterocycles. The lowest BCUT2D eigenvalue weighted by atomic mass is 10.2. The molecular formula is C12H13ClO2. The van der Waals surface area contributed by atoms with Gasteiger partial charge in [0.25, 0.3) is 0 Å². The molecule has 0 aliphatic heterocycles. The SMILES string of the molecule is CC(C)Oc1ccc(/C(Cl)=C/C=O)cc1. The van der Waals surface area contributed by atoms with Gasteiger partial charge in [0.2, 0.25) is 0 Å². The summed E-state index contributed by atoms with van der Waals surface area (Å²) in [6.07, 6.45) is 2.14. The fourth-order valence-corrected chi connectivity index (χ4v) is 1.30. The summed E-state index contributed by atoms with van der Waals surface area (Å²) in [5.41, 5.74) is 0.805. The fraction of sp³-hybridized carbons (Fsp3) is 0.250. The van der Waals surface area contributed by atoms with E-state index in [0.29, 0.717) is 11.3 Å². The normalized spacial score (nSPS) is 11.6. The van der Waals surface area contributed by atoms with Crippen LogP contribution in [0.5, 0.6) is 5.75 Å². The summed E-state index contributed by atoms with van der Waals surface area (Å²) in [6, 6.07) is 7.30. The molecule has 0 saturated carbocycles.